The fraction of sp³-hybridized carbons (Fsp3) is 0.947. The molecule has 0 fully saturated rings. The topological polar surface area (TPSA) is 78.9 Å². The summed E-state index contributed by atoms with van der Waals surface area (Å²) in [6, 6.07) is 0. The molecule has 63 heavy (non-hydrogen) atoms. The number of rotatable bonds is 51. The summed E-state index contributed by atoms with van der Waals surface area (Å²) < 4.78 is 16.9. The molecule has 0 rings (SSSR count). The Labute approximate surface area is 393 Å². The Bertz CT molecular complexity index is 962. The van der Waals surface area contributed by atoms with Gasteiger partial charge in [0.05, 0.1) is 0 Å². The van der Waals surface area contributed by atoms with Crippen LogP contribution in [0.4, 0.5) is 0 Å². The summed E-state index contributed by atoms with van der Waals surface area (Å²) in [7, 11) is 0. The lowest BCUT2D eigenvalue weighted by Gasteiger charge is -2.18. The van der Waals surface area contributed by atoms with E-state index in [9.17, 15) is 14.4 Å². The van der Waals surface area contributed by atoms with E-state index in [4.69, 9.17) is 14.2 Å². The van der Waals surface area contributed by atoms with Crippen LogP contribution in [0, 0.1) is 11.8 Å². The SMILES string of the molecule is CCCCCCCCCCCCCCCCC(=O)OC[C@H](COC(=O)CCCCCCCCCCCCC(C)C)OC(=O)CCCCCCCCCCCCCCCCCC(C)C. The molecule has 0 N–H and O–H groups in total. The monoisotopic (exact) mass is 891 g/mol. The zero-order valence-corrected chi connectivity index (χ0v) is 43.2. The molecule has 0 saturated carbocycles. The molecule has 0 saturated heterocycles. The van der Waals surface area contributed by atoms with E-state index in [1.165, 1.54) is 205 Å². The average molecular weight is 892 g/mol. The Balaban J connectivity index is 4.29. The van der Waals surface area contributed by atoms with Crippen molar-refractivity contribution in [1.29, 1.82) is 0 Å². The molecule has 0 amide bonds. The van der Waals surface area contributed by atoms with Crippen LogP contribution in [-0.2, 0) is 28.6 Å². The third kappa shape index (κ3) is 51.3. The van der Waals surface area contributed by atoms with Crippen LogP contribution in [0.15, 0.2) is 0 Å². The maximum absolute atomic E-state index is 12.8. The van der Waals surface area contributed by atoms with Crippen molar-refractivity contribution in [2.45, 2.75) is 323 Å². The summed E-state index contributed by atoms with van der Waals surface area (Å²) in [6.45, 7) is 11.4. The molecule has 0 radical (unpaired) electrons. The van der Waals surface area contributed by atoms with E-state index in [0.29, 0.717) is 19.3 Å². The summed E-state index contributed by atoms with van der Waals surface area (Å²) in [4.78, 5) is 38.1. The Hall–Kier alpha value is -1.59. The molecule has 0 aromatic heterocycles. The molecule has 374 valence electrons. The highest BCUT2D eigenvalue weighted by Crippen LogP contribution is 2.18. The van der Waals surface area contributed by atoms with Crippen LogP contribution in [0.25, 0.3) is 0 Å². The van der Waals surface area contributed by atoms with Crippen molar-refractivity contribution >= 4 is 17.9 Å². The average Bonchev–Trinajstić information content (AvgIpc) is 3.25. The molecule has 0 heterocycles. The van der Waals surface area contributed by atoms with E-state index >= 15 is 0 Å². The van der Waals surface area contributed by atoms with Crippen molar-refractivity contribution in [3.63, 3.8) is 0 Å². The molecule has 0 aromatic rings. The lowest BCUT2D eigenvalue weighted by Crippen LogP contribution is -2.30. The molecule has 0 aromatic carbocycles. The van der Waals surface area contributed by atoms with E-state index in [1.54, 1.807) is 0 Å². The second kappa shape index (κ2) is 49.8. The molecule has 0 unspecified atom stereocenters. The molecule has 6 heteroatoms. The van der Waals surface area contributed by atoms with Crippen molar-refractivity contribution in [1.82, 2.24) is 0 Å². The summed E-state index contributed by atoms with van der Waals surface area (Å²) >= 11 is 0. The zero-order valence-electron chi connectivity index (χ0n) is 43.2. The fourth-order valence-corrected chi connectivity index (χ4v) is 8.70. The van der Waals surface area contributed by atoms with Gasteiger partial charge in [-0.05, 0) is 31.1 Å². The number of hydrogen-bond acceptors (Lipinski definition) is 6. The Morgan fingerprint density at radius 3 is 0.778 bits per heavy atom. The highest BCUT2D eigenvalue weighted by atomic mass is 16.6. The Morgan fingerprint density at radius 2 is 0.524 bits per heavy atom. The first-order valence-electron chi connectivity index (χ1n) is 28.2. The maximum Gasteiger partial charge on any atom is 0.306 e. The van der Waals surface area contributed by atoms with E-state index in [1.807, 2.05) is 0 Å². The maximum atomic E-state index is 12.8. The Kier molecular flexibility index (Phi) is 48.6. The summed E-state index contributed by atoms with van der Waals surface area (Å²) in [6.07, 6.45) is 52.3. The lowest BCUT2D eigenvalue weighted by atomic mass is 10.0. The van der Waals surface area contributed by atoms with E-state index < -0.39 is 6.10 Å². The molecule has 6 nitrogen and oxygen atoms in total. The predicted molar refractivity (Wildman–Crippen MR) is 270 cm³/mol. The van der Waals surface area contributed by atoms with Crippen molar-refractivity contribution in [3.8, 4) is 0 Å². The summed E-state index contributed by atoms with van der Waals surface area (Å²) in [5.74, 6) is 0.825. The third-order valence-electron chi connectivity index (χ3n) is 13.0. The minimum absolute atomic E-state index is 0.0629. The van der Waals surface area contributed by atoms with Crippen molar-refractivity contribution in [2.24, 2.45) is 11.8 Å². The van der Waals surface area contributed by atoms with Gasteiger partial charge >= 0.3 is 17.9 Å². The number of ether oxygens (including phenoxy) is 3. The van der Waals surface area contributed by atoms with Gasteiger partial charge in [-0.3, -0.25) is 14.4 Å². The van der Waals surface area contributed by atoms with E-state index in [-0.39, 0.29) is 31.1 Å². The standard InChI is InChI=1S/C57H110O6/c1-6-7-8-9-10-11-12-13-18-21-27-32-37-42-47-55(58)61-50-54(51-62-56(59)48-43-38-33-28-24-23-26-31-36-41-46-53(4)5)63-57(60)49-44-39-34-29-22-19-16-14-15-17-20-25-30-35-40-45-52(2)3/h52-54H,6-51H2,1-5H3/t54-/m1/s1. The highest BCUT2D eigenvalue weighted by molar-refractivity contribution is 5.71. The smallest absolute Gasteiger partial charge is 0.306 e. The van der Waals surface area contributed by atoms with Crippen molar-refractivity contribution < 1.29 is 28.6 Å². The normalized spacial score (nSPS) is 12.0. The first-order valence-corrected chi connectivity index (χ1v) is 28.2. The van der Waals surface area contributed by atoms with Gasteiger partial charge in [-0.15, -0.1) is 0 Å². The molecule has 1 atom stereocenters. The fourth-order valence-electron chi connectivity index (χ4n) is 8.70. The van der Waals surface area contributed by atoms with Crippen LogP contribution in [-0.4, -0.2) is 37.2 Å². The second-order valence-electron chi connectivity index (χ2n) is 20.5. The Morgan fingerprint density at radius 1 is 0.302 bits per heavy atom. The molecule has 0 aliphatic rings. The zero-order chi connectivity index (χ0) is 46.1. The van der Waals surface area contributed by atoms with Gasteiger partial charge in [-0.2, -0.15) is 0 Å². The van der Waals surface area contributed by atoms with Crippen LogP contribution in [0.2, 0.25) is 0 Å². The van der Waals surface area contributed by atoms with Gasteiger partial charge in [-0.1, -0.05) is 279 Å². The van der Waals surface area contributed by atoms with Crippen molar-refractivity contribution in [3.05, 3.63) is 0 Å². The quantitative estimate of drug-likeness (QED) is 0.0344. The van der Waals surface area contributed by atoms with Crippen LogP contribution in [0.1, 0.15) is 317 Å². The number of hydrogen-bond donors (Lipinski definition) is 0. The molecular weight excluding hydrogens is 781 g/mol. The van der Waals surface area contributed by atoms with Gasteiger partial charge in [0.1, 0.15) is 13.2 Å². The van der Waals surface area contributed by atoms with Crippen molar-refractivity contribution in [2.75, 3.05) is 13.2 Å². The van der Waals surface area contributed by atoms with Gasteiger partial charge in [0.2, 0.25) is 0 Å². The minimum Gasteiger partial charge on any atom is -0.462 e. The highest BCUT2D eigenvalue weighted by Gasteiger charge is 2.19. The molecule has 0 bridgehead atoms. The molecule has 0 aliphatic heterocycles. The van der Waals surface area contributed by atoms with Crippen LogP contribution in [0.5, 0.6) is 0 Å². The van der Waals surface area contributed by atoms with Gasteiger partial charge < -0.3 is 14.2 Å². The van der Waals surface area contributed by atoms with Gasteiger partial charge in [0.15, 0.2) is 6.10 Å². The molecular formula is C57H110O6. The third-order valence-corrected chi connectivity index (χ3v) is 13.0. The van der Waals surface area contributed by atoms with Crippen LogP contribution in [0.3, 0.4) is 0 Å². The number of esters is 3. The largest absolute Gasteiger partial charge is 0.462 e. The first kappa shape index (κ1) is 61.4. The van der Waals surface area contributed by atoms with Crippen LogP contribution >= 0.6 is 0 Å². The number of carbonyl (C=O) groups is 3. The minimum atomic E-state index is -0.762. The first-order chi connectivity index (χ1) is 30.7. The van der Waals surface area contributed by atoms with Gasteiger partial charge in [-0.25, -0.2) is 0 Å². The molecule has 0 aliphatic carbocycles. The predicted octanol–water partition coefficient (Wildman–Crippen LogP) is 18.5. The summed E-state index contributed by atoms with van der Waals surface area (Å²) in [5, 5.41) is 0. The molecule has 0 spiro atoms. The van der Waals surface area contributed by atoms with Crippen LogP contribution < -0.4 is 0 Å². The number of unbranched alkanes of at least 4 members (excludes halogenated alkanes) is 36. The van der Waals surface area contributed by atoms with Gasteiger partial charge in [0, 0.05) is 19.3 Å². The lowest BCUT2D eigenvalue weighted by molar-refractivity contribution is -0.167. The summed E-state index contributed by atoms with van der Waals surface area (Å²) in [5.41, 5.74) is 0. The second-order valence-corrected chi connectivity index (χ2v) is 20.5. The number of carbonyl (C=O) groups excluding carboxylic acids is 3. The van der Waals surface area contributed by atoms with E-state index in [0.717, 1.165) is 69.6 Å². The van der Waals surface area contributed by atoms with Gasteiger partial charge in [0.25, 0.3) is 0 Å². The van der Waals surface area contributed by atoms with E-state index in [2.05, 4.69) is 34.6 Å².